The summed E-state index contributed by atoms with van der Waals surface area (Å²) >= 11 is 0. The van der Waals surface area contributed by atoms with Gasteiger partial charge in [-0.05, 0) is 110 Å². The zero-order valence-corrected chi connectivity index (χ0v) is 24.0. The van der Waals surface area contributed by atoms with E-state index in [-0.39, 0.29) is 13.2 Å². The van der Waals surface area contributed by atoms with Gasteiger partial charge in [-0.3, -0.25) is 0 Å². The third-order valence-corrected chi connectivity index (χ3v) is 7.06. The van der Waals surface area contributed by atoms with Crippen LogP contribution in [0.3, 0.4) is 0 Å². The SMILES string of the molecule is OCCCCCCOc1ccc(N(c2ccc(OCCCCCCO)cc2)c2ccc(-c3ccccc3)cc2)cc1. The van der Waals surface area contributed by atoms with Crippen molar-refractivity contribution in [1.82, 2.24) is 0 Å². The van der Waals surface area contributed by atoms with Crippen LogP contribution in [0.15, 0.2) is 103 Å². The molecular formula is C36H43NO4. The summed E-state index contributed by atoms with van der Waals surface area (Å²) in [5, 5.41) is 17.9. The van der Waals surface area contributed by atoms with Gasteiger partial charge in [0.05, 0.1) is 13.2 Å². The molecule has 0 saturated carbocycles. The average Bonchev–Trinajstić information content (AvgIpc) is 3.03. The van der Waals surface area contributed by atoms with Gasteiger partial charge in [-0.15, -0.1) is 0 Å². The lowest BCUT2D eigenvalue weighted by atomic mass is 10.0. The van der Waals surface area contributed by atoms with Gasteiger partial charge in [0.15, 0.2) is 0 Å². The van der Waals surface area contributed by atoms with Crippen molar-refractivity contribution < 1.29 is 19.7 Å². The average molecular weight is 554 g/mol. The first-order valence-corrected chi connectivity index (χ1v) is 14.9. The van der Waals surface area contributed by atoms with Gasteiger partial charge in [0.25, 0.3) is 0 Å². The third-order valence-electron chi connectivity index (χ3n) is 7.06. The molecule has 0 aromatic heterocycles. The number of unbranched alkanes of at least 4 members (excludes halogenated alkanes) is 6. The van der Waals surface area contributed by atoms with E-state index in [0.717, 1.165) is 79.9 Å². The van der Waals surface area contributed by atoms with Crippen molar-refractivity contribution in [2.45, 2.75) is 51.4 Å². The van der Waals surface area contributed by atoms with Crippen molar-refractivity contribution in [1.29, 1.82) is 0 Å². The van der Waals surface area contributed by atoms with Gasteiger partial charge in [-0.1, -0.05) is 55.3 Å². The van der Waals surface area contributed by atoms with Crippen molar-refractivity contribution in [2.24, 2.45) is 0 Å². The molecule has 0 fully saturated rings. The summed E-state index contributed by atoms with van der Waals surface area (Å²) in [6.07, 6.45) is 7.88. The molecule has 0 heterocycles. The molecule has 0 atom stereocenters. The molecule has 2 N–H and O–H groups in total. The van der Waals surface area contributed by atoms with Crippen molar-refractivity contribution in [2.75, 3.05) is 31.3 Å². The molecule has 0 spiro atoms. The number of hydrogen-bond acceptors (Lipinski definition) is 5. The van der Waals surface area contributed by atoms with Crippen LogP contribution in [0.2, 0.25) is 0 Å². The van der Waals surface area contributed by atoms with Crippen molar-refractivity contribution in [3.05, 3.63) is 103 Å². The van der Waals surface area contributed by atoms with Crippen LogP contribution in [0.4, 0.5) is 17.1 Å². The Kier molecular flexibility index (Phi) is 12.6. The molecule has 0 amide bonds. The Morgan fingerprint density at radius 2 is 0.805 bits per heavy atom. The number of anilines is 3. The highest BCUT2D eigenvalue weighted by Crippen LogP contribution is 2.37. The van der Waals surface area contributed by atoms with E-state index in [9.17, 15) is 0 Å². The van der Waals surface area contributed by atoms with Gasteiger partial charge in [0.2, 0.25) is 0 Å². The fourth-order valence-corrected chi connectivity index (χ4v) is 4.78. The van der Waals surface area contributed by atoms with E-state index >= 15 is 0 Å². The topological polar surface area (TPSA) is 62.2 Å². The molecular weight excluding hydrogens is 510 g/mol. The molecule has 5 heteroatoms. The number of benzene rings is 4. The molecule has 0 aliphatic heterocycles. The van der Waals surface area contributed by atoms with E-state index in [2.05, 4.69) is 77.7 Å². The van der Waals surface area contributed by atoms with Crippen LogP contribution in [-0.2, 0) is 0 Å². The highest BCUT2D eigenvalue weighted by atomic mass is 16.5. The molecule has 0 aliphatic rings. The highest BCUT2D eigenvalue weighted by molar-refractivity contribution is 5.78. The zero-order valence-electron chi connectivity index (χ0n) is 24.0. The third kappa shape index (κ3) is 9.66. The fourth-order valence-electron chi connectivity index (χ4n) is 4.78. The van der Waals surface area contributed by atoms with Crippen LogP contribution < -0.4 is 14.4 Å². The van der Waals surface area contributed by atoms with E-state index in [1.807, 2.05) is 30.3 Å². The Labute approximate surface area is 245 Å². The minimum Gasteiger partial charge on any atom is -0.494 e. The molecule has 0 saturated heterocycles. The van der Waals surface area contributed by atoms with E-state index < -0.39 is 0 Å². The monoisotopic (exact) mass is 553 g/mol. The summed E-state index contributed by atoms with van der Waals surface area (Å²) in [5.41, 5.74) is 5.54. The summed E-state index contributed by atoms with van der Waals surface area (Å²) in [4.78, 5) is 2.24. The Morgan fingerprint density at radius 3 is 1.24 bits per heavy atom. The van der Waals surface area contributed by atoms with Crippen LogP contribution >= 0.6 is 0 Å². The number of aliphatic hydroxyl groups is 2. The second-order valence-corrected chi connectivity index (χ2v) is 10.2. The van der Waals surface area contributed by atoms with E-state index in [0.29, 0.717) is 13.2 Å². The van der Waals surface area contributed by atoms with Crippen LogP contribution in [-0.4, -0.2) is 36.6 Å². The first-order valence-electron chi connectivity index (χ1n) is 14.9. The minimum absolute atomic E-state index is 0.260. The second kappa shape index (κ2) is 17.1. The Bertz CT molecular complexity index is 1180. The normalized spacial score (nSPS) is 10.9. The Hall–Kier alpha value is -3.80. The number of nitrogens with zero attached hydrogens (tertiary/aromatic N) is 1. The molecule has 5 nitrogen and oxygen atoms in total. The molecule has 0 radical (unpaired) electrons. The van der Waals surface area contributed by atoms with Crippen molar-refractivity contribution in [3.8, 4) is 22.6 Å². The van der Waals surface area contributed by atoms with Crippen LogP contribution in [0.5, 0.6) is 11.5 Å². The lowest BCUT2D eigenvalue weighted by Crippen LogP contribution is -2.10. The van der Waals surface area contributed by atoms with Gasteiger partial charge >= 0.3 is 0 Å². The largest absolute Gasteiger partial charge is 0.494 e. The molecule has 41 heavy (non-hydrogen) atoms. The first-order chi connectivity index (χ1) is 20.3. The lowest BCUT2D eigenvalue weighted by Gasteiger charge is -2.26. The predicted octanol–water partition coefficient (Wildman–Crippen LogP) is 8.69. The summed E-state index contributed by atoms with van der Waals surface area (Å²) in [6.45, 7) is 1.88. The summed E-state index contributed by atoms with van der Waals surface area (Å²) < 4.78 is 11.9. The summed E-state index contributed by atoms with van der Waals surface area (Å²) in [7, 11) is 0. The maximum Gasteiger partial charge on any atom is 0.119 e. The van der Waals surface area contributed by atoms with Gasteiger partial charge in [0, 0.05) is 30.3 Å². The molecule has 0 unspecified atom stereocenters. The second-order valence-electron chi connectivity index (χ2n) is 10.2. The Morgan fingerprint density at radius 1 is 0.415 bits per heavy atom. The number of hydrogen-bond donors (Lipinski definition) is 2. The molecule has 0 aliphatic carbocycles. The zero-order chi connectivity index (χ0) is 28.5. The fraction of sp³-hybridized carbons (Fsp3) is 0.333. The van der Waals surface area contributed by atoms with Crippen LogP contribution in [0.1, 0.15) is 51.4 Å². The lowest BCUT2D eigenvalue weighted by molar-refractivity contribution is 0.273. The van der Waals surface area contributed by atoms with E-state index in [1.165, 1.54) is 11.1 Å². The van der Waals surface area contributed by atoms with Crippen LogP contribution in [0.25, 0.3) is 11.1 Å². The van der Waals surface area contributed by atoms with Gasteiger partial charge in [-0.2, -0.15) is 0 Å². The molecule has 0 bridgehead atoms. The number of aliphatic hydroxyl groups excluding tert-OH is 2. The smallest absolute Gasteiger partial charge is 0.119 e. The Balaban J connectivity index is 1.48. The minimum atomic E-state index is 0.260. The summed E-state index contributed by atoms with van der Waals surface area (Å²) in [6, 6.07) is 35.6. The van der Waals surface area contributed by atoms with Crippen molar-refractivity contribution >= 4 is 17.1 Å². The van der Waals surface area contributed by atoms with Crippen LogP contribution in [0, 0.1) is 0 Å². The van der Waals surface area contributed by atoms with Crippen molar-refractivity contribution in [3.63, 3.8) is 0 Å². The maximum absolute atomic E-state index is 8.94. The molecule has 4 rings (SSSR count). The summed E-state index contributed by atoms with van der Waals surface area (Å²) in [5.74, 6) is 1.72. The van der Waals surface area contributed by atoms with E-state index in [4.69, 9.17) is 19.7 Å². The molecule has 216 valence electrons. The number of rotatable bonds is 18. The highest BCUT2D eigenvalue weighted by Gasteiger charge is 2.13. The quantitative estimate of drug-likeness (QED) is 0.121. The predicted molar refractivity (Wildman–Crippen MR) is 169 cm³/mol. The first kappa shape index (κ1) is 30.2. The van der Waals surface area contributed by atoms with Gasteiger partial charge in [-0.25, -0.2) is 0 Å². The standard InChI is InChI=1S/C36H43NO4/c38-26-8-1-3-10-28-40-35-22-18-33(19-23-35)37(32-16-14-31(15-17-32)30-12-6-5-7-13-30)34-20-24-36(25-21-34)41-29-11-4-2-9-27-39/h5-7,12-25,38-39H,1-4,8-11,26-29H2. The number of ether oxygens (including phenoxy) is 2. The molecule has 4 aromatic carbocycles. The van der Waals surface area contributed by atoms with Gasteiger partial charge < -0.3 is 24.6 Å². The molecule has 4 aromatic rings. The maximum atomic E-state index is 8.94. The van der Waals surface area contributed by atoms with E-state index in [1.54, 1.807) is 0 Å². The van der Waals surface area contributed by atoms with Gasteiger partial charge in [0.1, 0.15) is 11.5 Å².